The van der Waals surface area contributed by atoms with E-state index in [0.29, 0.717) is 11.0 Å². The van der Waals surface area contributed by atoms with Crippen LogP contribution in [-0.4, -0.2) is 37.5 Å². The third-order valence-corrected chi connectivity index (χ3v) is 4.45. The number of amides is 3. The number of nitrogens with one attached hydrogen (secondary N) is 2. The lowest BCUT2D eigenvalue weighted by Crippen LogP contribution is -2.49. The van der Waals surface area contributed by atoms with Gasteiger partial charge < -0.3 is 9.88 Å². The maximum absolute atomic E-state index is 13.1. The van der Waals surface area contributed by atoms with Gasteiger partial charge in [-0.3, -0.25) is 10.1 Å². The van der Waals surface area contributed by atoms with Crippen LogP contribution in [0.5, 0.6) is 0 Å². The van der Waals surface area contributed by atoms with Crippen LogP contribution in [0.3, 0.4) is 0 Å². The van der Waals surface area contributed by atoms with Crippen LogP contribution in [0.15, 0.2) is 29.4 Å². The number of carbonyl (C=O) groups is 2. The van der Waals surface area contributed by atoms with Crippen LogP contribution in [-0.2, 0) is 11.8 Å². The minimum Gasteiger partial charge on any atom is -0.333 e. The number of nitrogens with zero attached hydrogens (tertiary/aromatic N) is 3. The van der Waals surface area contributed by atoms with E-state index in [4.69, 9.17) is 0 Å². The summed E-state index contributed by atoms with van der Waals surface area (Å²) < 4.78 is 14.8. The number of hydrogen-bond donors (Lipinski definition) is 2. The molecule has 1 unspecified atom stereocenters. The lowest BCUT2D eigenvalue weighted by atomic mass is 10.1. The van der Waals surface area contributed by atoms with Gasteiger partial charge in [-0.2, -0.15) is 0 Å². The molecular weight excluding hydrogens is 357 g/mol. The van der Waals surface area contributed by atoms with Crippen LogP contribution in [0.2, 0.25) is 0 Å². The molecule has 1 aromatic heterocycles. The second-order valence-electron chi connectivity index (χ2n) is 6.83. The van der Waals surface area contributed by atoms with Crippen molar-refractivity contribution < 1.29 is 14.0 Å². The summed E-state index contributed by atoms with van der Waals surface area (Å²) in [5, 5.41) is 13.1. The summed E-state index contributed by atoms with van der Waals surface area (Å²) in [6.07, 6.45) is 0. The van der Waals surface area contributed by atoms with Crippen molar-refractivity contribution >= 4 is 23.7 Å². The molecular formula is C17H22FN5O2S. The van der Waals surface area contributed by atoms with Gasteiger partial charge in [0.25, 0.3) is 0 Å². The second-order valence-corrected chi connectivity index (χ2v) is 8.13. The zero-order valence-corrected chi connectivity index (χ0v) is 16.1. The average molecular weight is 379 g/mol. The summed E-state index contributed by atoms with van der Waals surface area (Å²) in [7, 11) is 1.76. The van der Waals surface area contributed by atoms with Gasteiger partial charge in [0, 0.05) is 18.2 Å². The van der Waals surface area contributed by atoms with Crippen LogP contribution >= 0.6 is 11.8 Å². The average Bonchev–Trinajstić information content (AvgIpc) is 2.87. The predicted octanol–water partition coefficient (Wildman–Crippen LogP) is 2.73. The molecule has 0 saturated heterocycles. The quantitative estimate of drug-likeness (QED) is 0.798. The van der Waals surface area contributed by atoms with E-state index in [-0.39, 0.29) is 5.82 Å². The van der Waals surface area contributed by atoms with Gasteiger partial charge in [0.15, 0.2) is 11.0 Å². The topological polar surface area (TPSA) is 88.9 Å². The molecule has 0 aliphatic heterocycles. The molecule has 0 aliphatic carbocycles. The summed E-state index contributed by atoms with van der Waals surface area (Å²) >= 11 is 1.18. The van der Waals surface area contributed by atoms with E-state index in [1.54, 1.807) is 30.7 Å². The van der Waals surface area contributed by atoms with E-state index in [1.165, 1.54) is 23.9 Å². The summed E-state index contributed by atoms with van der Waals surface area (Å²) in [5.41, 5.74) is 0.281. The van der Waals surface area contributed by atoms with Gasteiger partial charge in [-0.05, 0) is 52.0 Å². The van der Waals surface area contributed by atoms with Crippen molar-refractivity contribution in [3.8, 4) is 11.4 Å². The molecule has 3 amide bonds. The SMILES string of the molecule is CC(Sc1nnc(-c2ccc(F)cc2)n1C)C(=O)NC(=O)NC(C)(C)C. The van der Waals surface area contributed by atoms with Crippen LogP contribution in [0.4, 0.5) is 9.18 Å². The fourth-order valence-corrected chi connectivity index (χ4v) is 2.88. The summed E-state index contributed by atoms with van der Waals surface area (Å²) in [4.78, 5) is 24.0. The number of thioether (sulfide) groups is 1. The van der Waals surface area contributed by atoms with Gasteiger partial charge in [0.2, 0.25) is 5.91 Å². The van der Waals surface area contributed by atoms with Crippen molar-refractivity contribution in [2.24, 2.45) is 7.05 Å². The first-order valence-electron chi connectivity index (χ1n) is 8.02. The third kappa shape index (κ3) is 5.29. The molecule has 0 radical (unpaired) electrons. The number of aromatic nitrogens is 3. The van der Waals surface area contributed by atoms with E-state index >= 15 is 0 Å². The molecule has 0 aliphatic rings. The molecule has 26 heavy (non-hydrogen) atoms. The van der Waals surface area contributed by atoms with Gasteiger partial charge in [-0.25, -0.2) is 9.18 Å². The molecule has 2 aromatic rings. The van der Waals surface area contributed by atoms with Crippen molar-refractivity contribution in [1.82, 2.24) is 25.4 Å². The Hall–Kier alpha value is -2.42. The fraction of sp³-hybridized carbons (Fsp3) is 0.412. The van der Waals surface area contributed by atoms with Crippen molar-refractivity contribution in [2.75, 3.05) is 0 Å². The minimum absolute atomic E-state index is 0.329. The summed E-state index contributed by atoms with van der Waals surface area (Å²) in [6, 6.07) is 5.38. The molecule has 0 saturated carbocycles. The maximum Gasteiger partial charge on any atom is 0.321 e. The molecule has 140 valence electrons. The molecule has 1 atom stereocenters. The first kappa shape index (κ1) is 19.9. The van der Waals surface area contributed by atoms with E-state index in [9.17, 15) is 14.0 Å². The van der Waals surface area contributed by atoms with E-state index in [1.807, 2.05) is 20.8 Å². The number of halogens is 1. The highest BCUT2D eigenvalue weighted by atomic mass is 32.2. The number of carbonyl (C=O) groups excluding carboxylic acids is 2. The van der Waals surface area contributed by atoms with Gasteiger partial charge in [0.1, 0.15) is 5.82 Å². The van der Waals surface area contributed by atoms with Crippen LogP contribution < -0.4 is 10.6 Å². The highest BCUT2D eigenvalue weighted by Crippen LogP contribution is 2.25. The second kappa shape index (κ2) is 7.86. The monoisotopic (exact) mass is 379 g/mol. The van der Waals surface area contributed by atoms with Gasteiger partial charge in [-0.15, -0.1) is 10.2 Å². The maximum atomic E-state index is 13.1. The molecule has 7 nitrogen and oxygen atoms in total. The number of rotatable bonds is 4. The Morgan fingerprint density at radius 2 is 1.81 bits per heavy atom. The van der Waals surface area contributed by atoms with Crippen molar-refractivity contribution in [3.63, 3.8) is 0 Å². The standard InChI is InChI=1S/C17H22FN5O2S/c1-10(14(24)19-15(25)20-17(2,3)4)26-16-22-21-13(23(16)5)11-6-8-12(18)9-7-11/h6-10H,1-5H3,(H2,19,20,24,25). The Labute approximate surface area is 155 Å². The number of hydrogen-bond acceptors (Lipinski definition) is 5. The van der Waals surface area contributed by atoms with Gasteiger partial charge in [0.05, 0.1) is 5.25 Å². The van der Waals surface area contributed by atoms with Crippen molar-refractivity contribution in [1.29, 1.82) is 0 Å². The fourth-order valence-electron chi connectivity index (χ4n) is 2.06. The molecule has 1 heterocycles. The normalized spacial score (nSPS) is 12.5. The van der Waals surface area contributed by atoms with Crippen molar-refractivity contribution in [3.05, 3.63) is 30.1 Å². The van der Waals surface area contributed by atoms with Crippen LogP contribution in [0.1, 0.15) is 27.7 Å². The molecule has 2 N–H and O–H groups in total. The number of benzene rings is 1. The van der Waals surface area contributed by atoms with E-state index in [0.717, 1.165) is 5.56 Å². The highest BCUT2D eigenvalue weighted by molar-refractivity contribution is 8.00. The zero-order valence-electron chi connectivity index (χ0n) is 15.3. The summed E-state index contributed by atoms with van der Waals surface area (Å²) in [5.74, 6) is -0.196. The molecule has 0 spiro atoms. The number of urea groups is 1. The van der Waals surface area contributed by atoms with Gasteiger partial charge >= 0.3 is 6.03 Å². The Kier molecular flexibility index (Phi) is 6.01. The van der Waals surface area contributed by atoms with Crippen molar-refractivity contribution in [2.45, 2.75) is 43.6 Å². The molecule has 0 fully saturated rings. The smallest absolute Gasteiger partial charge is 0.321 e. The number of imide groups is 1. The molecule has 2 rings (SSSR count). The first-order valence-corrected chi connectivity index (χ1v) is 8.90. The molecule has 0 bridgehead atoms. The zero-order chi connectivity index (χ0) is 19.5. The third-order valence-electron chi connectivity index (χ3n) is 3.31. The first-order chi connectivity index (χ1) is 12.1. The van der Waals surface area contributed by atoms with E-state index < -0.39 is 22.7 Å². The lowest BCUT2D eigenvalue weighted by Gasteiger charge is -2.21. The highest BCUT2D eigenvalue weighted by Gasteiger charge is 2.22. The predicted molar refractivity (Wildman–Crippen MR) is 98.1 cm³/mol. The molecule has 9 heteroatoms. The van der Waals surface area contributed by atoms with Crippen LogP contribution in [0, 0.1) is 5.82 Å². The Balaban J connectivity index is 2.03. The van der Waals surface area contributed by atoms with E-state index in [2.05, 4.69) is 20.8 Å². The lowest BCUT2D eigenvalue weighted by molar-refractivity contribution is -0.119. The largest absolute Gasteiger partial charge is 0.333 e. The Morgan fingerprint density at radius 1 is 1.19 bits per heavy atom. The summed E-state index contributed by atoms with van der Waals surface area (Å²) in [6.45, 7) is 7.15. The molecule has 1 aromatic carbocycles. The Morgan fingerprint density at radius 3 is 2.38 bits per heavy atom. The van der Waals surface area contributed by atoms with Gasteiger partial charge in [-0.1, -0.05) is 11.8 Å². The minimum atomic E-state index is -0.551. The van der Waals surface area contributed by atoms with Crippen LogP contribution in [0.25, 0.3) is 11.4 Å². The Bertz CT molecular complexity index is 798.